The zero-order chi connectivity index (χ0) is 19.9. The van der Waals surface area contributed by atoms with E-state index >= 15 is 0 Å². The second-order valence-electron chi connectivity index (χ2n) is 6.60. The number of benzene rings is 1. The predicted octanol–water partition coefficient (Wildman–Crippen LogP) is 2.67. The van der Waals surface area contributed by atoms with Gasteiger partial charge in [0.15, 0.2) is 15.8 Å². The predicted molar refractivity (Wildman–Crippen MR) is 124 cm³/mol. The molecule has 2 rings (SSSR count). The van der Waals surface area contributed by atoms with E-state index in [1.54, 1.807) is 13.1 Å². The highest BCUT2D eigenvalue weighted by molar-refractivity contribution is 14.0. The van der Waals surface area contributed by atoms with Crippen molar-refractivity contribution in [3.05, 3.63) is 47.5 Å². The molecule has 0 radical (unpaired) electrons. The summed E-state index contributed by atoms with van der Waals surface area (Å²) in [5.41, 5.74) is 1.77. The standard InChI is InChI=1S/C19H29N5O2S.HI/c1-15-13-17(7-8-18(15)27(4,25)26)14-23-19(20-3)22-9-5-6-11-24-12-10-21-16(24)2;/h7-8,10,12-13H,5-6,9,11,14H2,1-4H3,(H2,20,22,23);1H. The molecule has 0 spiro atoms. The van der Waals surface area contributed by atoms with Gasteiger partial charge >= 0.3 is 0 Å². The molecule has 156 valence electrons. The van der Waals surface area contributed by atoms with E-state index in [1.807, 2.05) is 38.4 Å². The zero-order valence-electron chi connectivity index (χ0n) is 16.9. The van der Waals surface area contributed by atoms with Gasteiger partial charge in [0, 0.05) is 45.3 Å². The summed E-state index contributed by atoms with van der Waals surface area (Å²) in [7, 11) is -1.45. The van der Waals surface area contributed by atoms with E-state index in [4.69, 9.17) is 0 Å². The number of halogens is 1. The Morgan fingerprint density at radius 1 is 1.21 bits per heavy atom. The van der Waals surface area contributed by atoms with Crippen molar-refractivity contribution in [2.24, 2.45) is 4.99 Å². The number of nitrogens with zero attached hydrogens (tertiary/aromatic N) is 3. The van der Waals surface area contributed by atoms with Crippen molar-refractivity contribution in [2.75, 3.05) is 19.8 Å². The molecule has 28 heavy (non-hydrogen) atoms. The molecule has 2 N–H and O–H groups in total. The molecular weight excluding hydrogens is 489 g/mol. The van der Waals surface area contributed by atoms with Crippen molar-refractivity contribution < 1.29 is 8.42 Å². The van der Waals surface area contributed by atoms with E-state index in [1.165, 1.54) is 6.26 Å². The summed E-state index contributed by atoms with van der Waals surface area (Å²) >= 11 is 0. The Bertz CT molecular complexity index is 893. The Morgan fingerprint density at radius 2 is 1.96 bits per heavy atom. The normalized spacial score (nSPS) is 11.8. The van der Waals surface area contributed by atoms with Gasteiger partial charge in [-0.25, -0.2) is 13.4 Å². The summed E-state index contributed by atoms with van der Waals surface area (Å²) in [5, 5.41) is 6.56. The molecule has 0 aliphatic heterocycles. The smallest absolute Gasteiger partial charge is 0.191 e. The zero-order valence-corrected chi connectivity index (χ0v) is 20.0. The molecule has 7 nitrogen and oxygen atoms in total. The van der Waals surface area contributed by atoms with E-state index in [-0.39, 0.29) is 24.0 Å². The van der Waals surface area contributed by atoms with E-state index in [2.05, 4.69) is 25.2 Å². The van der Waals surface area contributed by atoms with Crippen LogP contribution in [-0.2, 0) is 22.9 Å². The quantitative estimate of drug-likeness (QED) is 0.242. The van der Waals surface area contributed by atoms with E-state index < -0.39 is 9.84 Å². The monoisotopic (exact) mass is 519 g/mol. The molecule has 9 heteroatoms. The van der Waals surface area contributed by atoms with Crippen LogP contribution in [0.15, 0.2) is 40.5 Å². The van der Waals surface area contributed by atoms with Gasteiger partial charge in [0.05, 0.1) is 4.90 Å². The van der Waals surface area contributed by atoms with Crippen molar-refractivity contribution in [3.8, 4) is 0 Å². The summed E-state index contributed by atoms with van der Waals surface area (Å²) in [6.07, 6.45) is 7.14. The van der Waals surface area contributed by atoms with Crippen LogP contribution in [0.3, 0.4) is 0 Å². The fraction of sp³-hybridized carbons (Fsp3) is 0.474. The number of aliphatic imine (C=N–C) groups is 1. The minimum Gasteiger partial charge on any atom is -0.356 e. The molecule has 0 aliphatic carbocycles. The van der Waals surface area contributed by atoms with Gasteiger partial charge in [-0.1, -0.05) is 12.1 Å². The van der Waals surface area contributed by atoms with Gasteiger partial charge < -0.3 is 15.2 Å². The number of aromatic nitrogens is 2. The SMILES string of the molecule is CN=C(NCCCCn1ccnc1C)NCc1ccc(S(C)(=O)=O)c(C)c1.I. The number of unbranched alkanes of at least 4 members (excludes halogenated alkanes) is 1. The van der Waals surface area contributed by atoms with E-state index in [0.717, 1.165) is 48.8 Å². The molecule has 0 amide bonds. The maximum absolute atomic E-state index is 11.7. The van der Waals surface area contributed by atoms with Crippen LogP contribution in [-0.4, -0.2) is 43.8 Å². The van der Waals surface area contributed by atoms with Crippen LogP contribution >= 0.6 is 24.0 Å². The summed E-state index contributed by atoms with van der Waals surface area (Å²) in [6.45, 7) is 6.20. The Morgan fingerprint density at radius 3 is 2.54 bits per heavy atom. The van der Waals surface area contributed by atoms with Gasteiger partial charge in [-0.3, -0.25) is 4.99 Å². The lowest BCUT2D eigenvalue weighted by Gasteiger charge is -2.13. The molecule has 0 saturated carbocycles. The van der Waals surface area contributed by atoms with Gasteiger partial charge in [0.1, 0.15) is 5.82 Å². The van der Waals surface area contributed by atoms with Gasteiger partial charge in [0.25, 0.3) is 0 Å². The molecule has 0 saturated heterocycles. The fourth-order valence-electron chi connectivity index (χ4n) is 2.90. The Kier molecular flexibility index (Phi) is 9.94. The van der Waals surface area contributed by atoms with E-state index in [9.17, 15) is 8.42 Å². The number of nitrogens with one attached hydrogen (secondary N) is 2. The average Bonchev–Trinajstić information content (AvgIpc) is 3.01. The van der Waals surface area contributed by atoms with Crippen molar-refractivity contribution in [3.63, 3.8) is 0 Å². The second-order valence-corrected chi connectivity index (χ2v) is 8.58. The topological polar surface area (TPSA) is 88.4 Å². The fourth-order valence-corrected chi connectivity index (χ4v) is 3.86. The van der Waals surface area contributed by atoms with Crippen LogP contribution < -0.4 is 10.6 Å². The highest BCUT2D eigenvalue weighted by Gasteiger charge is 2.10. The molecule has 0 bridgehead atoms. The number of guanidine groups is 1. The maximum Gasteiger partial charge on any atom is 0.191 e. The van der Waals surface area contributed by atoms with Crippen LogP contribution in [0.5, 0.6) is 0 Å². The second kappa shape index (κ2) is 11.4. The van der Waals surface area contributed by atoms with Gasteiger partial charge in [-0.2, -0.15) is 0 Å². The third-order valence-electron chi connectivity index (χ3n) is 4.36. The summed E-state index contributed by atoms with van der Waals surface area (Å²) in [4.78, 5) is 8.82. The van der Waals surface area contributed by atoms with E-state index in [0.29, 0.717) is 11.4 Å². The van der Waals surface area contributed by atoms with Gasteiger partial charge in [0.2, 0.25) is 0 Å². The minimum atomic E-state index is -3.18. The number of hydrogen-bond acceptors (Lipinski definition) is 4. The lowest BCUT2D eigenvalue weighted by atomic mass is 10.1. The number of sulfone groups is 1. The molecule has 2 aromatic rings. The Hall–Kier alpha value is -1.62. The van der Waals surface area contributed by atoms with Crippen molar-refractivity contribution in [1.82, 2.24) is 20.2 Å². The molecule has 0 unspecified atom stereocenters. The third kappa shape index (κ3) is 7.42. The van der Waals surface area contributed by atoms with Crippen molar-refractivity contribution in [2.45, 2.75) is 44.7 Å². The highest BCUT2D eigenvalue weighted by Crippen LogP contribution is 2.16. The first-order valence-electron chi connectivity index (χ1n) is 9.03. The highest BCUT2D eigenvalue weighted by atomic mass is 127. The Labute approximate surface area is 185 Å². The van der Waals surface area contributed by atoms with Crippen LogP contribution in [0.25, 0.3) is 0 Å². The molecule has 0 aliphatic rings. The van der Waals surface area contributed by atoms with Crippen LogP contribution in [0.1, 0.15) is 29.8 Å². The average molecular weight is 519 g/mol. The summed E-state index contributed by atoms with van der Waals surface area (Å²) in [5.74, 6) is 1.77. The van der Waals surface area contributed by atoms with Gasteiger partial charge in [-0.05, 0) is 43.9 Å². The van der Waals surface area contributed by atoms with Crippen LogP contribution in [0.2, 0.25) is 0 Å². The Balaban J connectivity index is 0.00000392. The van der Waals surface area contributed by atoms with Crippen LogP contribution in [0, 0.1) is 13.8 Å². The van der Waals surface area contributed by atoms with Crippen LogP contribution in [0.4, 0.5) is 0 Å². The first-order valence-corrected chi connectivity index (χ1v) is 10.9. The summed E-state index contributed by atoms with van der Waals surface area (Å²) < 4.78 is 25.5. The maximum atomic E-state index is 11.7. The third-order valence-corrected chi connectivity index (χ3v) is 5.62. The first-order chi connectivity index (χ1) is 12.8. The molecule has 1 aromatic heterocycles. The lowest BCUT2D eigenvalue weighted by Crippen LogP contribution is -2.37. The number of imidazole rings is 1. The van der Waals surface area contributed by atoms with Crippen molar-refractivity contribution in [1.29, 1.82) is 0 Å². The molecule has 1 aromatic carbocycles. The number of aryl methyl sites for hydroxylation is 3. The van der Waals surface area contributed by atoms with Gasteiger partial charge in [-0.15, -0.1) is 24.0 Å². The first kappa shape index (κ1) is 24.4. The largest absolute Gasteiger partial charge is 0.356 e. The molecule has 0 fully saturated rings. The number of hydrogen-bond donors (Lipinski definition) is 2. The van der Waals surface area contributed by atoms with Crippen molar-refractivity contribution >= 4 is 39.8 Å². The molecule has 1 heterocycles. The molecule has 0 atom stereocenters. The lowest BCUT2D eigenvalue weighted by molar-refractivity contribution is 0.588. The minimum absolute atomic E-state index is 0. The number of rotatable bonds is 8. The molecular formula is C19H30IN5O2S. The summed E-state index contributed by atoms with van der Waals surface area (Å²) in [6, 6.07) is 5.39.